The molecule has 1 aliphatic heterocycles. The number of nitrogens with zero attached hydrogens (tertiary/aromatic N) is 1. The molecular weight excluding hydrogens is 498 g/mol. The molecule has 0 spiro atoms. The van der Waals surface area contributed by atoms with Crippen LogP contribution in [0.3, 0.4) is 0 Å². The van der Waals surface area contributed by atoms with Gasteiger partial charge in [-0.25, -0.2) is 0 Å². The summed E-state index contributed by atoms with van der Waals surface area (Å²) in [7, 11) is 3.18. The number of rotatable bonds is 10. The molecule has 1 aliphatic rings. The van der Waals surface area contributed by atoms with Gasteiger partial charge in [0.25, 0.3) is 11.8 Å². The number of anilines is 1. The number of carbonyl (C=O) groups excluding carboxylic acids is 2. The van der Waals surface area contributed by atoms with Gasteiger partial charge in [-0.05, 0) is 60.5 Å². The van der Waals surface area contributed by atoms with E-state index in [0.717, 1.165) is 21.7 Å². The van der Waals surface area contributed by atoms with Crippen LogP contribution in [0.15, 0.2) is 101 Å². The molecule has 0 aromatic heterocycles. The van der Waals surface area contributed by atoms with E-state index in [1.807, 2.05) is 66.7 Å². The van der Waals surface area contributed by atoms with Gasteiger partial charge in [0.1, 0.15) is 17.2 Å². The van der Waals surface area contributed by atoms with Gasteiger partial charge in [-0.15, -0.1) is 11.8 Å². The number of para-hydroxylation sites is 1. The Morgan fingerprint density at radius 3 is 2.68 bits per heavy atom. The van der Waals surface area contributed by atoms with Gasteiger partial charge in [-0.2, -0.15) is 0 Å². The number of ether oxygens (including phenoxy) is 2. The van der Waals surface area contributed by atoms with Gasteiger partial charge in [-0.3, -0.25) is 14.6 Å². The summed E-state index contributed by atoms with van der Waals surface area (Å²) in [6.45, 7) is 0.328. The molecular formula is C30H29N3O4S. The molecule has 2 N–H and O–H groups in total. The second-order valence-electron chi connectivity index (χ2n) is 8.33. The quantitative estimate of drug-likeness (QED) is 0.326. The zero-order valence-corrected chi connectivity index (χ0v) is 22.1. The van der Waals surface area contributed by atoms with E-state index in [2.05, 4.69) is 15.6 Å². The van der Waals surface area contributed by atoms with Crippen LogP contribution in [0.25, 0.3) is 0 Å². The van der Waals surface area contributed by atoms with Crippen LogP contribution in [0.2, 0.25) is 0 Å². The Morgan fingerprint density at radius 2 is 1.84 bits per heavy atom. The lowest BCUT2D eigenvalue weighted by molar-refractivity contribution is -0.112. The molecule has 0 unspecified atom stereocenters. The van der Waals surface area contributed by atoms with Gasteiger partial charge in [0, 0.05) is 40.6 Å². The van der Waals surface area contributed by atoms with Crippen LogP contribution in [-0.4, -0.2) is 32.2 Å². The lowest BCUT2D eigenvalue weighted by atomic mass is 10.1. The van der Waals surface area contributed by atoms with E-state index in [-0.39, 0.29) is 11.8 Å². The van der Waals surface area contributed by atoms with Crippen LogP contribution < -0.4 is 20.1 Å². The number of carbonyl (C=O) groups is 2. The smallest absolute Gasteiger partial charge is 0.273 e. The van der Waals surface area contributed by atoms with Crippen LogP contribution in [0.1, 0.15) is 27.9 Å². The minimum absolute atomic E-state index is 0.172. The summed E-state index contributed by atoms with van der Waals surface area (Å²) < 4.78 is 10.7. The van der Waals surface area contributed by atoms with Crippen molar-refractivity contribution in [3.63, 3.8) is 0 Å². The summed E-state index contributed by atoms with van der Waals surface area (Å²) in [6, 6.07) is 20.7. The lowest BCUT2D eigenvalue weighted by Gasteiger charge is -2.12. The minimum atomic E-state index is -0.245. The topological polar surface area (TPSA) is 89.0 Å². The van der Waals surface area contributed by atoms with Gasteiger partial charge >= 0.3 is 0 Å². The Balaban J connectivity index is 1.38. The molecule has 4 rings (SSSR count). The molecule has 3 aromatic rings. The van der Waals surface area contributed by atoms with Crippen LogP contribution in [0.4, 0.5) is 5.69 Å². The fourth-order valence-electron chi connectivity index (χ4n) is 3.77. The molecule has 38 heavy (non-hydrogen) atoms. The number of thioether (sulfide) groups is 1. The summed E-state index contributed by atoms with van der Waals surface area (Å²) >= 11 is 1.59. The molecule has 3 aromatic carbocycles. The van der Waals surface area contributed by atoms with E-state index >= 15 is 0 Å². The number of allylic oxidation sites excluding steroid dienone is 3. The van der Waals surface area contributed by atoms with Crippen molar-refractivity contribution in [2.75, 3.05) is 19.5 Å². The van der Waals surface area contributed by atoms with Crippen LogP contribution in [-0.2, 0) is 17.1 Å². The summed E-state index contributed by atoms with van der Waals surface area (Å²) in [6.07, 6.45) is 7.85. The molecule has 8 heteroatoms. The Morgan fingerprint density at radius 1 is 0.974 bits per heavy atom. The van der Waals surface area contributed by atoms with Gasteiger partial charge in [0.2, 0.25) is 0 Å². The molecule has 0 atom stereocenters. The highest BCUT2D eigenvalue weighted by molar-refractivity contribution is 7.98. The van der Waals surface area contributed by atoms with Crippen molar-refractivity contribution in [3.8, 4) is 11.5 Å². The van der Waals surface area contributed by atoms with Crippen molar-refractivity contribution in [2.45, 2.75) is 23.6 Å². The Hall–Kier alpha value is -4.30. The molecule has 0 bridgehead atoms. The number of benzene rings is 3. The molecule has 0 saturated carbocycles. The largest absolute Gasteiger partial charge is 0.497 e. The maximum absolute atomic E-state index is 12.9. The maximum atomic E-state index is 12.9. The number of aliphatic imine (C=N–C) groups is 1. The van der Waals surface area contributed by atoms with E-state index in [0.29, 0.717) is 41.5 Å². The molecule has 0 radical (unpaired) electrons. The van der Waals surface area contributed by atoms with Gasteiger partial charge in [0.05, 0.1) is 19.9 Å². The fraction of sp³-hybridized carbons (Fsp3) is 0.167. The lowest BCUT2D eigenvalue weighted by Crippen LogP contribution is -2.23. The van der Waals surface area contributed by atoms with E-state index in [4.69, 9.17) is 9.47 Å². The van der Waals surface area contributed by atoms with Crippen LogP contribution >= 0.6 is 11.8 Å². The standard InChI is InChI=1S/C30H29N3O4S/c1-36-24-15-14-23(27(18-24)37-2)19-32-29(34)22-10-8-9-21(17-22)20-38-28-13-6-5-11-25(28)33-30(35)26-12-4-3-7-16-31-26/h3,5-18H,4,19-20H2,1-2H3,(H,32,34)(H,33,35). The predicted molar refractivity (Wildman–Crippen MR) is 152 cm³/mol. The first kappa shape index (κ1) is 26.8. The first-order valence-corrected chi connectivity index (χ1v) is 13.1. The fourth-order valence-corrected chi connectivity index (χ4v) is 4.72. The third-order valence-electron chi connectivity index (χ3n) is 5.77. The zero-order valence-electron chi connectivity index (χ0n) is 21.3. The molecule has 0 aliphatic carbocycles. The number of amides is 2. The Kier molecular flexibility index (Phi) is 9.37. The van der Waals surface area contributed by atoms with Crippen molar-refractivity contribution >= 4 is 35.5 Å². The average Bonchev–Trinajstić information content (AvgIpc) is 3.25. The third-order valence-corrected chi connectivity index (χ3v) is 6.91. The van der Waals surface area contributed by atoms with Crippen molar-refractivity contribution in [1.29, 1.82) is 0 Å². The molecule has 7 nitrogen and oxygen atoms in total. The Bertz CT molecular complexity index is 1400. The summed E-state index contributed by atoms with van der Waals surface area (Å²) in [5.74, 6) is 1.56. The van der Waals surface area contributed by atoms with Crippen molar-refractivity contribution < 1.29 is 19.1 Å². The summed E-state index contributed by atoms with van der Waals surface area (Å²) in [5.41, 5.74) is 3.53. The predicted octanol–water partition coefficient (Wildman–Crippen LogP) is 5.78. The number of hydrogen-bond acceptors (Lipinski definition) is 6. The Labute approximate surface area is 226 Å². The van der Waals surface area contributed by atoms with Crippen molar-refractivity contribution in [3.05, 3.63) is 107 Å². The number of nitrogens with one attached hydrogen (secondary N) is 2. The second-order valence-corrected chi connectivity index (χ2v) is 9.35. The van der Waals surface area contributed by atoms with Crippen molar-refractivity contribution in [2.24, 2.45) is 4.99 Å². The van der Waals surface area contributed by atoms with Gasteiger partial charge in [-0.1, -0.05) is 30.3 Å². The number of hydrogen-bond donors (Lipinski definition) is 2. The maximum Gasteiger partial charge on any atom is 0.273 e. The first-order chi connectivity index (χ1) is 18.6. The molecule has 2 amide bonds. The first-order valence-electron chi connectivity index (χ1n) is 12.1. The third kappa shape index (κ3) is 7.14. The highest BCUT2D eigenvalue weighted by Crippen LogP contribution is 2.30. The monoisotopic (exact) mass is 527 g/mol. The zero-order chi connectivity index (χ0) is 26.7. The highest BCUT2D eigenvalue weighted by Gasteiger charge is 2.13. The van der Waals surface area contributed by atoms with E-state index in [1.54, 1.807) is 50.4 Å². The minimum Gasteiger partial charge on any atom is -0.497 e. The second kappa shape index (κ2) is 13.3. The number of methoxy groups -OCH3 is 2. The normalized spacial score (nSPS) is 12.3. The molecule has 0 saturated heterocycles. The molecule has 0 fully saturated rings. The van der Waals surface area contributed by atoms with E-state index in [9.17, 15) is 9.59 Å². The van der Waals surface area contributed by atoms with Crippen LogP contribution in [0, 0.1) is 0 Å². The van der Waals surface area contributed by atoms with Crippen LogP contribution in [0.5, 0.6) is 11.5 Å². The molecule has 194 valence electrons. The van der Waals surface area contributed by atoms with Gasteiger partial charge < -0.3 is 20.1 Å². The van der Waals surface area contributed by atoms with Crippen molar-refractivity contribution in [1.82, 2.24) is 5.32 Å². The SMILES string of the molecule is COc1ccc(CNC(=O)c2cccc(CSc3ccccc3NC(=O)C3=CCC=CC=N3)c2)c(OC)c1. The molecule has 1 heterocycles. The summed E-state index contributed by atoms with van der Waals surface area (Å²) in [5, 5.41) is 5.93. The van der Waals surface area contributed by atoms with E-state index < -0.39 is 0 Å². The highest BCUT2D eigenvalue weighted by atomic mass is 32.2. The summed E-state index contributed by atoms with van der Waals surface area (Å²) in [4.78, 5) is 30.7. The average molecular weight is 528 g/mol. The van der Waals surface area contributed by atoms with Gasteiger partial charge in [0.15, 0.2) is 0 Å². The van der Waals surface area contributed by atoms with E-state index in [1.165, 1.54) is 0 Å².